The topological polar surface area (TPSA) is 97.4 Å². The van der Waals surface area contributed by atoms with Crippen molar-refractivity contribution < 1.29 is 19.1 Å². The number of aromatic nitrogens is 1. The number of nitrogens with one attached hydrogen (secondary N) is 2. The van der Waals surface area contributed by atoms with Crippen LogP contribution in [0, 0.1) is 0 Å². The van der Waals surface area contributed by atoms with E-state index >= 15 is 0 Å². The van der Waals surface area contributed by atoms with Gasteiger partial charge in [-0.2, -0.15) is 0 Å². The van der Waals surface area contributed by atoms with Crippen LogP contribution in [-0.2, 0) is 20.7 Å². The number of imide groups is 1. The lowest BCUT2D eigenvalue weighted by atomic mass is 10.3. The van der Waals surface area contributed by atoms with Crippen LogP contribution in [-0.4, -0.2) is 36.0 Å². The predicted molar refractivity (Wildman–Crippen MR) is 91.7 cm³/mol. The molecule has 7 nitrogen and oxygen atoms in total. The average molecular weight is 365 g/mol. The van der Waals surface area contributed by atoms with Crippen molar-refractivity contribution in [2.75, 3.05) is 13.2 Å². The number of thiazole rings is 1. The van der Waals surface area contributed by atoms with E-state index in [2.05, 4.69) is 15.6 Å². The molecule has 2 aromatic rings. The van der Waals surface area contributed by atoms with Gasteiger partial charge in [0.1, 0.15) is 5.01 Å². The third kappa shape index (κ3) is 6.71. The lowest BCUT2D eigenvalue weighted by Crippen LogP contribution is -2.42. The molecule has 0 aromatic carbocycles. The van der Waals surface area contributed by atoms with E-state index in [0.717, 1.165) is 4.88 Å². The fraction of sp³-hybridized carbons (Fsp3) is 0.200. The Balaban J connectivity index is 1.59. The maximum atomic E-state index is 11.5. The van der Waals surface area contributed by atoms with Gasteiger partial charge in [-0.15, -0.1) is 22.7 Å². The minimum Gasteiger partial charge on any atom is -0.452 e. The number of carbonyl (C=O) groups is 3. The molecule has 2 rings (SSSR count). The highest BCUT2D eigenvalue weighted by Crippen LogP contribution is 2.08. The molecular weight excluding hydrogens is 350 g/mol. The Labute approximate surface area is 146 Å². The van der Waals surface area contributed by atoms with Crippen molar-refractivity contribution in [3.05, 3.63) is 45.1 Å². The number of ether oxygens (including phenoxy) is 1. The van der Waals surface area contributed by atoms with Gasteiger partial charge in [0, 0.05) is 29.1 Å². The summed E-state index contributed by atoms with van der Waals surface area (Å²) in [6, 6.07) is 3.28. The van der Waals surface area contributed by atoms with Crippen molar-refractivity contribution >= 4 is 46.7 Å². The van der Waals surface area contributed by atoms with Gasteiger partial charge >= 0.3 is 12.0 Å². The van der Waals surface area contributed by atoms with Crippen LogP contribution in [0.15, 0.2) is 35.2 Å². The lowest BCUT2D eigenvalue weighted by Gasteiger charge is -2.06. The summed E-state index contributed by atoms with van der Waals surface area (Å²) in [6.07, 6.45) is 4.96. The van der Waals surface area contributed by atoms with Crippen LogP contribution in [0.2, 0.25) is 0 Å². The second-order valence-electron chi connectivity index (χ2n) is 4.44. The van der Waals surface area contributed by atoms with Crippen LogP contribution in [0.25, 0.3) is 6.08 Å². The number of carbonyl (C=O) groups excluding carboxylic acids is 3. The first-order valence-electron chi connectivity index (χ1n) is 6.98. The van der Waals surface area contributed by atoms with Crippen LogP contribution in [0.1, 0.15) is 9.88 Å². The molecule has 0 aliphatic carbocycles. The normalized spacial score (nSPS) is 10.5. The minimum absolute atomic E-state index is 0.413. The molecule has 0 radical (unpaired) electrons. The van der Waals surface area contributed by atoms with Crippen LogP contribution in [0.3, 0.4) is 0 Å². The summed E-state index contributed by atoms with van der Waals surface area (Å²) < 4.78 is 4.73. The first-order chi connectivity index (χ1) is 11.6. The van der Waals surface area contributed by atoms with Gasteiger partial charge in [0.2, 0.25) is 0 Å². The zero-order chi connectivity index (χ0) is 17.2. The van der Waals surface area contributed by atoms with Crippen LogP contribution < -0.4 is 10.6 Å². The maximum Gasteiger partial charge on any atom is 0.331 e. The predicted octanol–water partition coefficient (Wildman–Crippen LogP) is 1.83. The summed E-state index contributed by atoms with van der Waals surface area (Å²) in [6.45, 7) is -0.116. The molecule has 0 atom stereocenters. The highest BCUT2D eigenvalue weighted by Gasteiger charge is 2.09. The molecule has 126 valence electrons. The number of amides is 3. The molecule has 0 saturated carbocycles. The minimum atomic E-state index is -0.695. The quantitative estimate of drug-likeness (QED) is 0.576. The monoisotopic (exact) mass is 365 g/mol. The highest BCUT2D eigenvalue weighted by molar-refractivity contribution is 7.10. The molecule has 0 saturated heterocycles. The van der Waals surface area contributed by atoms with E-state index in [-0.39, 0.29) is 0 Å². The Bertz CT molecular complexity index is 696. The Morgan fingerprint density at radius 1 is 1.25 bits per heavy atom. The fourth-order valence-electron chi connectivity index (χ4n) is 1.60. The first-order valence-corrected chi connectivity index (χ1v) is 8.74. The summed E-state index contributed by atoms with van der Waals surface area (Å²) >= 11 is 2.96. The van der Waals surface area contributed by atoms with Crippen molar-refractivity contribution in [1.29, 1.82) is 0 Å². The molecular formula is C15H15N3O4S2. The van der Waals surface area contributed by atoms with Crippen LogP contribution in [0.4, 0.5) is 4.79 Å². The number of hydrogen-bond donors (Lipinski definition) is 2. The van der Waals surface area contributed by atoms with Gasteiger partial charge in [0.15, 0.2) is 6.61 Å². The second kappa shape index (κ2) is 9.58. The summed E-state index contributed by atoms with van der Waals surface area (Å²) in [5, 5.41) is 9.03. The molecule has 2 N–H and O–H groups in total. The zero-order valence-corrected chi connectivity index (χ0v) is 14.2. The van der Waals surface area contributed by atoms with Crippen molar-refractivity contribution in [2.45, 2.75) is 6.42 Å². The third-order valence-corrected chi connectivity index (χ3v) is 4.33. The van der Waals surface area contributed by atoms with Crippen LogP contribution in [0.5, 0.6) is 0 Å². The number of hydrogen-bond acceptors (Lipinski definition) is 7. The third-order valence-electron chi connectivity index (χ3n) is 2.65. The molecule has 0 unspecified atom stereocenters. The summed E-state index contributed by atoms with van der Waals surface area (Å²) in [7, 11) is 0. The molecule has 2 aromatic heterocycles. The average Bonchev–Trinajstić information content (AvgIpc) is 3.24. The van der Waals surface area contributed by atoms with Gasteiger partial charge in [-0.1, -0.05) is 6.07 Å². The number of thiophene rings is 1. The molecule has 24 heavy (non-hydrogen) atoms. The number of esters is 1. The van der Waals surface area contributed by atoms with E-state index < -0.39 is 24.5 Å². The number of rotatable bonds is 7. The standard InChI is InChI=1S/C15H15N3O4S2/c19-12(10-22-14(20)4-3-13-16-7-9-24-13)18-15(21)17-6-5-11-2-1-8-23-11/h1-4,7-9H,5-6,10H2,(H2,17,18,19,21). The molecule has 0 aliphatic heterocycles. The lowest BCUT2D eigenvalue weighted by molar-refractivity contribution is -0.143. The van der Waals surface area contributed by atoms with Crippen molar-refractivity contribution in [3.63, 3.8) is 0 Å². The summed E-state index contributed by atoms with van der Waals surface area (Å²) in [4.78, 5) is 39.5. The summed E-state index contributed by atoms with van der Waals surface area (Å²) in [5.41, 5.74) is 0. The van der Waals surface area contributed by atoms with Gasteiger partial charge in [-0.25, -0.2) is 14.6 Å². The summed E-state index contributed by atoms with van der Waals surface area (Å²) in [5.74, 6) is -1.38. The number of nitrogens with zero attached hydrogens (tertiary/aromatic N) is 1. The number of urea groups is 1. The van der Waals surface area contributed by atoms with Gasteiger partial charge in [0.25, 0.3) is 5.91 Å². The Hall–Kier alpha value is -2.52. The SMILES string of the molecule is O=C(COC(=O)C=Cc1nccs1)NC(=O)NCCc1cccs1. The fourth-order valence-corrected chi connectivity index (χ4v) is 2.84. The molecule has 0 spiro atoms. The molecule has 3 amide bonds. The van der Waals surface area contributed by atoms with E-state index in [0.29, 0.717) is 18.0 Å². The molecule has 0 fully saturated rings. The van der Waals surface area contributed by atoms with Crippen molar-refractivity contribution in [2.24, 2.45) is 0 Å². The smallest absolute Gasteiger partial charge is 0.331 e. The van der Waals surface area contributed by atoms with E-state index in [1.807, 2.05) is 17.5 Å². The molecule has 9 heteroatoms. The van der Waals surface area contributed by atoms with E-state index in [4.69, 9.17) is 4.74 Å². The van der Waals surface area contributed by atoms with Crippen molar-refractivity contribution in [1.82, 2.24) is 15.6 Å². The van der Waals surface area contributed by atoms with Gasteiger partial charge in [-0.05, 0) is 23.9 Å². The van der Waals surface area contributed by atoms with E-state index in [1.165, 1.54) is 23.5 Å². The highest BCUT2D eigenvalue weighted by atomic mass is 32.1. The zero-order valence-electron chi connectivity index (χ0n) is 12.6. The maximum absolute atomic E-state index is 11.5. The van der Waals surface area contributed by atoms with Crippen molar-refractivity contribution in [3.8, 4) is 0 Å². The molecule has 0 aliphatic rings. The Morgan fingerprint density at radius 3 is 2.83 bits per heavy atom. The molecule has 2 heterocycles. The van der Waals surface area contributed by atoms with E-state index in [9.17, 15) is 14.4 Å². The largest absolute Gasteiger partial charge is 0.452 e. The van der Waals surface area contributed by atoms with E-state index in [1.54, 1.807) is 22.9 Å². The Kier molecular flexibility index (Phi) is 7.12. The Morgan fingerprint density at radius 2 is 2.12 bits per heavy atom. The first kappa shape index (κ1) is 17.8. The van der Waals surface area contributed by atoms with Gasteiger partial charge in [0.05, 0.1) is 0 Å². The van der Waals surface area contributed by atoms with Crippen LogP contribution >= 0.6 is 22.7 Å². The molecule has 0 bridgehead atoms. The van der Waals surface area contributed by atoms with Gasteiger partial charge < -0.3 is 10.1 Å². The second-order valence-corrected chi connectivity index (χ2v) is 6.40. The van der Waals surface area contributed by atoms with Gasteiger partial charge in [-0.3, -0.25) is 10.1 Å².